The zero-order valence-corrected chi connectivity index (χ0v) is 8.46. The average molecular weight is 201 g/mol. The molecule has 1 aromatic heterocycles. The largest absolute Gasteiger partial charge is 2.00 e. The third kappa shape index (κ3) is 3.89. The molecule has 0 spiro atoms. The first kappa shape index (κ1) is 11.7. The van der Waals surface area contributed by atoms with Gasteiger partial charge < -0.3 is 28.3 Å². The summed E-state index contributed by atoms with van der Waals surface area (Å²) in [4.78, 5) is 1.33. The number of rotatable bonds is 0. The molecule has 1 rings (SSSR count). The minimum absolute atomic E-state index is 0. The zero-order valence-electron chi connectivity index (χ0n) is 4.65. The zero-order chi connectivity index (χ0) is 4.41. The van der Waals surface area contributed by atoms with Crippen LogP contribution in [0.25, 0.3) is 0 Å². The molecule has 0 N–H and O–H groups in total. The van der Waals surface area contributed by atoms with E-state index in [2.05, 4.69) is 12.3 Å². The smallest absolute Gasteiger partial charge is 1.00 e. The van der Waals surface area contributed by atoms with E-state index < -0.39 is 0 Å². The summed E-state index contributed by atoms with van der Waals surface area (Å²) < 4.78 is 0. The number of thiophene rings is 1. The molecule has 8 heavy (non-hydrogen) atoms. The third-order valence-electron chi connectivity index (χ3n) is 0.606. The van der Waals surface area contributed by atoms with Crippen molar-refractivity contribution in [2.75, 3.05) is 0 Å². The van der Waals surface area contributed by atoms with Crippen LogP contribution < -0.4 is 17.0 Å². The van der Waals surface area contributed by atoms with Gasteiger partial charge in [-0.2, -0.15) is 10.9 Å². The van der Waals surface area contributed by atoms with Crippen LogP contribution in [0.2, 0.25) is 0 Å². The van der Waals surface area contributed by atoms with Gasteiger partial charge in [0.05, 0.1) is 0 Å². The van der Waals surface area contributed by atoms with Crippen molar-refractivity contribution in [3.05, 3.63) is 22.4 Å². The second-order valence-corrected chi connectivity index (χ2v) is 2.25. The van der Waals surface area contributed by atoms with Gasteiger partial charge in [-0.25, -0.2) is 6.07 Å². The predicted molar refractivity (Wildman–Crippen MR) is 33.6 cm³/mol. The molecule has 3 heteroatoms. The SMILES string of the molecule is Cc1cc[c-]s1.[Br-].[Mg+2]. The van der Waals surface area contributed by atoms with E-state index in [1.807, 2.05) is 12.1 Å². The van der Waals surface area contributed by atoms with Crippen LogP contribution in [0.1, 0.15) is 4.88 Å². The Balaban J connectivity index is 0. The Morgan fingerprint density at radius 2 is 2.25 bits per heavy atom. The van der Waals surface area contributed by atoms with Crippen molar-refractivity contribution in [2.45, 2.75) is 6.92 Å². The van der Waals surface area contributed by atoms with Crippen molar-refractivity contribution in [2.24, 2.45) is 0 Å². The molecular weight excluding hydrogens is 196 g/mol. The van der Waals surface area contributed by atoms with Crippen molar-refractivity contribution >= 4 is 34.4 Å². The third-order valence-corrected chi connectivity index (χ3v) is 1.32. The average Bonchev–Trinajstić information content (AvgIpc) is 1.86. The molecule has 0 unspecified atom stereocenters. The molecule has 0 radical (unpaired) electrons. The van der Waals surface area contributed by atoms with Crippen molar-refractivity contribution in [1.82, 2.24) is 0 Å². The van der Waals surface area contributed by atoms with E-state index >= 15 is 0 Å². The molecule has 0 aliphatic heterocycles. The van der Waals surface area contributed by atoms with Crippen LogP contribution in [0.3, 0.4) is 0 Å². The molecule has 0 saturated carbocycles. The fourth-order valence-electron chi connectivity index (χ4n) is 0.312. The molecule has 0 aliphatic carbocycles. The Hall–Kier alpha value is 0.946. The van der Waals surface area contributed by atoms with Gasteiger partial charge in [-0.05, 0) is 0 Å². The molecular formula is C5H5BrMgS. The van der Waals surface area contributed by atoms with Crippen molar-refractivity contribution in [3.63, 3.8) is 0 Å². The molecule has 0 atom stereocenters. The maximum Gasteiger partial charge on any atom is 2.00 e. The first-order chi connectivity index (χ1) is 2.89. The summed E-state index contributed by atoms with van der Waals surface area (Å²) in [5.41, 5.74) is 0. The molecule has 1 aromatic rings. The van der Waals surface area contributed by atoms with Crippen LogP contribution in [0.15, 0.2) is 12.1 Å². The predicted octanol–water partition coefficient (Wildman–Crippen LogP) is -1.52. The maximum atomic E-state index is 2.97. The molecule has 0 bridgehead atoms. The Bertz CT molecular complexity index is 116. The molecule has 40 valence electrons. The first-order valence-electron chi connectivity index (χ1n) is 1.82. The first-order valence-corrected chi connectivity index (χ1v) is 2.64. The van der Waals surface area contributed by atoms with Crippen LogP contribution in [0.4, 0.5) is 0 Å². The van der Waals surface area contributed by atoms with Gasteiger partial charge in [0, 0.05) is 0 Å². The molecule has 0 fully saturated rings. The minimum Gasteiger partial charge on any atom is -1.00 e. The summed E-state index contributed by atoms with van der Waals surface area (Å²) in [5, 5.41) is 2.97. The Labute approximate surface area is 80.2 Å². The molecule has 0 nitrogen and oxygen atoms in total. The minimum atomic E-state index is 0. The van der Waals surface area contributed by atoms with E-state index in [-0.39, 0.29) is 40.0 Å². The fourth-order valence-corrected chi connectivity index (χ4v) is 0.770. The van der Waals surface area contributed by atoms with Crippen LogP contribution >= 0.6 is 11.3 Å². The Kier molecular flexibility index (Phi) is 8.89. The van der Waals surface area contributed by atoms with Gasteiger partial charge >= 0.3 is 23.1 Å². The second kappa shape index (κ2) is 6.07. The van der Waals surface area contributed by atoms with E-state index in [0.717, 1.165) is 0 Å². The normalized spacial score (nSPS) is 6.62. The molecule has 0 saturated heterocycles. The number of halogens is 1. The van der Waals surface area contributed by atoms with Crippen molar-refractivity contribution in [3.8, 4) is 0 Å². The monoisotopic (exact) mass is 200 g/mol. The summed E-state index contributed by atoms with van der Waals surface area (Å²) in [7, 11) is 0. The van der Waals surface area contributed by atoms with Gasteiger partial charge in [-0.15, -0.1) is 5.38 Å². The van der Waals surface area contributed by atoms with Gasteiger partial charge in [0.25, 0.3) is 0 Å². The van der Waals surface area contributed by atoms with E-state index in [9.17, 15) is 0 Å². The molecule has 1 heterocycles. The molecule has 0 aromatic carbocycles. The molecule has 0 amide bonds. The Morgan fingerprint density at radius 3 is 2.38 bits per heavy atom. The van der Waals surface area contributed by atoms with E-state index in [0.29, 0.717) is 0 Å². The topological polar surface area (TPSA) is 0 Å². The van der Waals surface area contributed by atoms with E-state index in [1.54, 1.807) is 11.3 Å². The fraction of sp³-hybridized carbons (Fsp3) is 0.200. The second-order valence-electron chi connectivity index (χ2n) is 1.16. The van der Waals surface area contributed by atoms with Crippen LogP contribution in [-0.2, 0) is 0 Å². The van der Waals surface area contributed by atoms with Crippen LogP contribution in [0, 0.1) is 12.3 Å². The van der Waals surface area contributed by atoms with Crippen molar-refractivity contribution < 1.29 is 17.0 Å². The van der Waals surface area contributed by atoms with Gasteiger partial charge in [0.15, 0.2) is 0 Å². The number of aryl methyl sites for hydroxylation is 1. The van der Waals surface area contributed by atoms with E-state index in [1.165, 1.54) is 4.88 Å². The van der Waals surface area contributed by atoms with E-state index in [4.69, 9.17) is 0 Å². The standard InChI is InChI=1S/C5H5S.BrH.Mg/c1-5-3-2-4-6-5;;/h2-3H,1H3;1H;/q-1;;+2/p-1. The van der Waals surface area contributed by atoms with Gasteiger partial charge in [-0.3, -0.25) is 0 Å². The van der Waals surface area contributed by atoms with Gasteiger partial charge in [0.1, 0.15) is 0 Å². The Morgan fingerprint density at radius 1 is 1.62 bits per heavy atom. The van der Waals surface area contributed by atoms with Gasteiger partial charge in [0.2, 0.25) is 0 Å². The summed E-state index contributed by atoms with van der Waals surface area (Å²) in [6.45, 7) is 2.07. The quantitative estimate of drug-likeness (QED) is 0.353. The van der Waals surface area contributed by atoms with Crippen LogP contribution in [0.5, 0.6) is 0 Å². The molecule has 0 aliphatic rings. The maximum absolute atomic E-state index is 2.97. The van der Waals surface area contributed by atoms with Crippen molar-refractivity contribution in [1.29, 1.82) is 0 Å². The summed E-state index contributed by atoms with van der Waals surface area (Å²) >= 11 is 1.65. The number of hydrogen-bond donors (Lipinski definition) is 0. The summed E-state index contributed by atoms with van der Waals surface area (Å²) in [6.07, 6.45) is 0. The van der Waals surface area contributed by atoms with Crippen LogP contribution in [-0.4, -0.2) is 23.1 Å². The number of hydrogen-bond acceptors (Lipinski definition) is 1. The van der Waals surface area contributed by atoms with Gasteiger partial charge in [-0.1, -0.05) is 6.92 Å². The summed E-state index contributed by atoms with van der Waals surface area (Å²) in [6, 6.07) is 3.98. The summed E-state index contributed by atoms with van der Waals surface area (Å²) in [5.74, 6) is 0.